The second kappa shape index (κ2) is 5.80. The maximum Gasteiger partial charge on any atom is 0.236 e. The molecule has 1 N–H and O–H groups in total. The van der Waals surface area contributed by atoms with Crippen molar-refractivity contribution < 1.29 is 9.53 Å². The van der Waals surface area contributed by atoms with Crippen LogP contribution in [0.15, 0.2) is 0 Å². The van der Waals surface area contributed by atoms with Crippen molar-refractivity contribution >= 4 is 5.91 Å². The fourth-order valence-electron chi connectivity index (χ4n) is 3.84. The summed E-state index contributed by atoms with van der Waals surface area (Å²) < 4.78 is 6.23. The van der Waals surface area contributed by atoms with E-state index in [1.165, 1.54) is 44.9 Å². The van der Waals surface area contributed by atoms with Gasteiger partial charge in [0.15, 0.2) is 0 Å². The van der Waals surface area contributed by atoms with Crippen LogP contribution >= 0.6 is 0 Å². The molecule has 108 valence electrons. The Kier molecular flexibility index (Phi) is 4.08. The van der Waals surface area contributed by atoms with E-state index >= 15 is 0 Å². The number of hydrogen-bond donors (Lipinski definition) is 1. The first-order valence-electron chi connectivity index (χ1n) is 7.94. The predicted molar refractivity (Wildman–Crippen MR) is 74.0 cm³/mol. The molecule has 0 aromatic heterocycles. The fourth-order valence-corrected chi connectivity index (χ4v) is 3.84. The van der Waals surface area contributed by atoms with Crippen molar-refractivity contribution in [3.8, 4) is 0 Å². The van der Waals surface area contributed by atoms with E-state index in [1.54, 1.807) is 0 Å². The van der Waals surface area contributed by atoms with E-state index in [-0.39, 0.29) is 11.5 Å². The summed E-state index contributed by atoms with van der Waals surface area (Å²) in [6.45, 7) is 3.21. The van der Waals surface area contributed by atoms with Gasteiger partial charge in [-0.1, -0.05) is 12.8 Å². The number of amides is 1. The Morgan fingerprint density at radius 3 is 2.63 bits per heavy atom. The van der Waals surface area contributed by atoms with Gasteiger partial charge in [-0.3, -0.25) is 4.79 Å². The number of carbonyl (C=O) groups is 1. The second-order valence-electron chi connectivity index (χ2n) is 6.39. The summed E-state index contributed by atoms with van der Waals surface area (Å²) >= 11 is 0. The molecule has 19 heavy (non-hydrogen) atoms. The Morgan fingerprint density at radius 2 is 1.89 bits per heavy atom. The van der Waals surface area contributed by atoms with Crippen LogP contribution in [0.3, 0.4) is 0 Å². The van der Waals surface area contributed by atoms with Crippen molar-refractivity contribution in [3.05, 3.63) is 0 Å². The molecule has 1 spiro atoms. The van der Waals surface area contributed by atoms with Crippen LogP contribution in [0.25, 0.3) is 0 Å². The third kappa shape index (κ3) is 3.11. The summed E-state index contributed by atoms with van der Waals surface area (Å²) in [7, 11) is 0. The summed E-state index contributed by atoms with van der Waals surface area (Å²) in [5.41, 5.74) is 0.214. The lowest BCUT2D eigenvalue weighted by Crippen LogP contribution is -2.39. The maximum atomic E-state index is 11.9. The van der Waals surface area contributed by atoms with Gasteiger partial charge < -0.3 is 15.0 Å². The van der Waals surface area contributed by atoms with Crippen molar-refractivity contribution in [2.75, 3.05) is 26.2 Å². The zero-order chi connectivity index (χ0) is 13.1. The third-order valence-corrected chi connectivity index (χ3v) is 4.96. The van der Waals surface area contributed by atoms with Gasteiger partial charge in [0.25, 0.3) is 0 Å². The highest BCUT2D eigenvalue weighted by molar-refractivity contribution is 5.78. The Bertz CT molecular complexity index is 320. The standard InChI is InChI=1S/C15H26N2O2/c18-14(17-9-3-4-10-17)12-16-11-13-5-8-15(19-13)6-1-2-7-15/h13,16H,1-12H2. The highest BCUT2D eigenvalue weighted by Gasteiger charge is 2.41. The molecule has 4 heteroatoms. The van der Waals surface area contributed by atoms with Gasteiger partial charge in [-0.25, -0.2) is 0 Å². The highest BCUT2D eigenvalue weighted by atomic mass is 16.5. The SMILES string of the molecule is O=C(CNCC1CCC2(CCCC2)O1)N1CCCC1. The molecule has 3 fully saturated rings. The van der Waals surface area contributed by atoms with Crippen molar-refractivity contribution in [1.29, 1.82) is 0 Å². The quantitative estimate of drug-likeness (QED) is 0.842. The molecular formula is C15H26N2O2. The Balaban J connectivity index is 1.35. The average molecular weight is 266 g/mol. The number of nitrogens with one attached hydrogen (secondary N) is 1. The van der Waals surface area contributed by atoms with E-state index in [1.807, 2.05) is 4.90 Å². The third-order valence-electron chi connectivity index (χ3n) is 4.96. The van der Waals surface area contributed by atoms with Crippen LogP contribution in [0.5, 0.6) is 0 Å². The highest BCUT2D eigenvalue weighted by Crippen LogP contribution is 2.43. The molecule has 0 aromatic rings. The van der Waals surface area contributed by atoms with E-state index in [0.717, 1.165) is 26.1 Å². The zero-order valence-electron chi connectivity index (χ0n) is 11.8. The molecule has 1 aliphatic carbocycles. The molecule has 0 radical (unpaired) electrons. The van der Waals surface area contributed by atoms with Gasteiger partial charge in [-0.2, -0.15) is 0 Å². The number of rotatable bonds is 4. The molecular weight excluding hydrogens is 240 g/mol. The summed E-state index contributed by atoms with van der Waals surface area (Å²) in [4.78, 5) is 13.9. The molecule has 3 rings (SSSR count). The van der Waals surface area contributed by atoms with Gasteiger partial charge in [0.2, 0.25) is 5.91 Å². The topological polar surface area (TPSA) is 41.6 Å². The first kappa shape index (κ1) is 13.4. The van der Waals surface area contributed by atoms with Crippen LogP contribution in [-0.4, -0.2) is 48.7 Å². The van der Waals surface area contributed by atoms with Gasteiger partial charge >= 0.3 is 0 Å². The molecule has 1 unspecified atom stereocenters. The average Bonchev–Trinajstić information content (AvgIpc) is 3.14. The van der Waals surface area contributed by atoms with Gasteiger partial charge in [0, 0.05) is 19.6 Å². The van der Waals surface area contributed by atoms with Crippen molar-refractivity contribution in [2.24, 2.45) is 0 Å². The van der Waals surface area contributed by atoms with Crippen LogP contribution in [0.4, 0.5) is 0 Å². The summed E-state index contributed by atoms with van der Waals surface area (Å²) in [5, 5.41) is 3.29. The van der Waals surface area contributed by atoms with Crippen LogP contribution < -0.4 is 5.32 Å². The molecule has 1 saturated carbocycles. The minimum Gasteiger partial charge on any atom is -0.370 e. The van der Waals surface area contributed by atoms with Crippen molar-refractivity contribution in [2.45, 2.75) is 63.1 Å². The van der Waals surface area contributed by atoms with Gasteiger partial charge in [0.05, 0.1) is 18.2 Å². The number of hydrogen-bond acceptors (Lipinski definition) is 3. The van der Waals surface area contributed by atoms with Gasteiger partial charge in [0.1, 0.15) is 0 Å². The lowest BCUT2D eigenvalue weighted by Gasteiger charge is -2.24. The molecule has 4 nitrogen and oxygen atoms in total. The molecule has 2 heterocycles. The monoisotopic (exact) mass is 266 g/mol. The second-order valence-corrected chi connectivity index (χ2v) is 6.39. The number of likely N-dealkylation sites (tertiary alicyclic amines) is 1. The summed E-state index contributed by atoms with van der Waals surface area (Å²) in [5.74, 6) is 0.256. The van der Waals surface area contributed by atoms with E-state index in [2.05, 4.69) is 5.32 Å². The van der Waals surface area contributed by atoms with E-state index in [0.29, 0.717) is 12.6 Å². The lowest BCUT2D eigenvalue weighted by molar-refractivity contribution is -0.129. The van der Waals surface area contributed by atoms with E-state index in [9.17, 15) is 4.79 Å². The largest absolute Gasteiger partial charge is 0.370 e. The molecule has 3 aliphatic rings. The normalized spacial score (nSPS) is 29.5. The molecule has 1 atom stereocenters. The molecule has 0 bridgehead atoms. The maximum absolute atomic E-state index is 11.9. The van der Waals surface area contributed by atoms with Crippen LogP contribution in [0.2, 0.25) is 0 Å². The Hall–Kier alpha value is -0.610. The van der Waals surface area contributed by atoms with Crippen LogP contribution in [-0.2, 0) is 9.53 Å². The minimum atomic E-state index is 0.214. The number of ether oxygens (including phenoxy) is 1. The first-order valence-corrected chi connectivity index (χ1v) is 7.94. The fraction of sp³-hybridized carbons (Fsp3) is 0.933. The smallest absolute Gasteiger partial charge is 0.236 e. The number of nitrogens with zero attached hydrogens (tertiary/aromatic N) is 1. The molecule has 2 saturated heterocycles. The van der Waals surface area contributed by atoms with E-state index in [4.69, 9.17) is 4.74 Å². The van der Waals surface area contributed by atoms with Crippen LogP contribution in [0, 0.1) is 0 Å². The zero-order valence-corrected chi connectivity index (χ0v) is 11.8. The Morgan fingerprint density at radius 1 is 1.16 bits per heavy atom. The van der Waals surface area contributed by atoms with Gasteiger partial charge in [-0.15, -0.1) is 0 Å². The van der Waals surface area contributed by atoms with Crippen molar-refractivity contribution in [1.82, 2.24) is 10.2 Å². The summed E-state index contributed by atoms with van der Waals surface area (Å²) in [6, 6.07) is 0. The molecule has 0 aromatic carbocycles. The van der Waals surface area contributed by atoms with E-state index < -0.39 is 0 Å². The molecule has 2 aliphatic heterocycles. The minimum absolute atomic E-state index is 0.214. The first-order chi connectivity index (χ1) is 9.27. The van der Waals surface area contributed by atoms with Crippen LogP contribution in [0.1, 0.15) is 51.4 Å². The predicted octanol–water partition coefficient (Wildman–Crippen LogP) is 1.69. The lowest BCUT2D eigenvalue weighted by atomic mass is 9.98. The number of carbonyl (C=O) groups excluding carboxylic acids is 1. The van der Waals surface area contributed by atoms with Gasteiger partial charge in [-0.05, 0) is 38.5 Å². The van der Waals surface area contributed by atoms with Crippen molar-refractivity contribution in [3.63, 3.8) is 0 Å². The summed E-state index contributed by atoms with van der Waals surface area (Å²) in [6.07, 6.45) is 10.2. The molecule has 1 amide bonds. The Labute approximate surface area is 115 Å².